The van der Waals surface area contributed by atoms with Gasteiger partial charge in [-0.15, -0.1) is 0 Å². The van der Waals surface area contributed by atoms with Crippen molar-refractivity contribution in [3.05, 3.63) is 32.8 Å². The van der Waals surface area contributed by atoms with E-state index in [0.29, 0.717) is 0 Å². The van der Waals surface area contributed by atoms with E-state index in [1.807, 2.05) is 4.89 Å². The van der Waals surface area contributed by atoms with E-state index in [0.717, 1.165) is 12.1 Å². The van der Waals surface area contributed by atoms with Crippen LogP contribution in [0.5, 0.6) is 0 Å². The van der Waals surface area contributed by atoms with Crippen molar-refractivity contribution in [2.24, 2.45) is 0 Å². The summed E-state index contributed by atoms with van der Waals surface area (Å²) in [5.41, 5.74) is -0.189. The fourth-order valence-corrected chi connectivity index (χ4v) is 2.43. The third kappa shape index (κ3) is 4.12. The van der Waals surface area contributed by atoms with Crippen LogP contribution in [0.4, 0.5) is 5.69 Å². The average molecular weight is 325 g/mol. The van der Waals surface area contributed by atoms with Gasteiger partial charge in [-0.05, 0) is 13.0 Å². The molecule has 8 nitrogen and oxygen atoms in total. The van der Waals surface area contributed by atoms with Crippen molar-refractivity contribution in [3.63, 3.8) is 0 Å². The summed E-state index contributed by atoms with van der Waals surface area (Å²) in [5.74, 6) is 0. The van der Waals surface area contributed by atoms with Gasteiger partial charge in [0.2, 0.25) is 0 Å². The Balaban J connectivity index is 3.04. The number of ether oxygens (including phenoxy) is 1. The number of hydrogen-bond donors (Lipinski definition) is 1. The van der Waals surface area contributed by atoms with E-state index in [-0.39, 0.29) is 34.4 Å². The molecule has 112 valence electrons. The number of nitro groups is 1. The Kier molecular flexibility index (Phi) is 5.84. The molecule has 1 aromatic carbocycles. The van der Waals surface area contributed by atoms with Crippen molar-refractivity contribution < 1.29 is 22.9 Å². The van der Waals surface area contributed by atoms with Crippen LogP contribution in [0.3, 0.4) is 0 Å². The zero-order chi connectivity index (χ0) is 15.3. The van der Waals surface area contributed by atoms with Crippen molar-refractivity contribution in [3.8, 4) is 0 Å². The van der Waals surface area contributed by atoms with Gasteiger partial charge in [0.25, 0.3) is 15.7 Å². The van der Waals surface area contributed by atoms with Crippen LogP contribution in [-0.2, 0) is 19.6 Å². The molecular weight excluding hydrogens is 312 g/mol. The lowest BCUT2D eigenvalue weighted by Crippen LogP contribution is -2.25. The predicted octanol–water partition coefficient (Wildman–Crippen LogP) is 1.41. The number of nitrogens with zero attached hydrogens (tertiary/aromatic N) is 1. The van der Waals surface area contributed by atoms with Gasteiger partial charge >= 0.3 is 0 Å². The molecular formula is C10H13ClN2O6S. The highest BCUT2D eigenvalue weighted by Gasteiger charge is 2.22. The zero-order valence-corrected chi connectivity index (χ0v) is 12.3. The van der Waals surface area contributed by atoms with Crippen molar-refractivity contribution >= 4 is 27.3 Å². The number of rotatable bonds is 7. The minimum atomic E-state index is -4.05. The van der Waals surface area contributed by atoms with Crippen LogP contribution in [0.1, 0.15) is 5.56 Å². The topological polar surface area (TPSA) is 108 Å². The first kappa shape index (κ1) is 16.8. The monoisotopic (exact) mass is 324 g/mol. The molecule has 0 aliphatic carbocycles. The fraction of sp³-hybridized carbons (Fsp3) is 0.400. The lowest BCUT2D eigenvalue weighted by molar-refractivity contribution is -0.385. The molecule has 0 saturated carbocycles. The Bertz CT molecular complexity index is 604. The molecule has 0 bridgehead atoms. The molecule has 1 aromatic rings. The van der Waals surface area contributed by atoms with E-state index in [4.69, 9.17) is 11.6 Å². The molecule has 0 aliphatic rings. The standard InChI is InChI=1S/C10H13ClN2O6S/c1-7-9(11)5-8(6-10(7)13(14)15)20(16,17)12-19-4-3-18-2/h5-6,12H,3-4H2,1-2H3. The van der Waals surface area contributed by atoms with E-state index in [2.05, 4.69) is 9.57 Å². The molecule has 0 atom stereocenters. The summed E-state index contributed by atoms with van der Waals surface area (Å²) in [6.07, 6.45) is 0. The second-order valence-corrected chi connectivity index (χ2v) is 5.79. The number of sulfonamides is 1. The molecule has 0 aliphatic heterocycles. The smallest absolute Gasteiger partial charge is 0.275 e. The number of nitro benzene ring substituents is 1. The number of hydrogen-bond acceptors (Lipinski definition) is 6. The highest BCUT2D eigenvalue weighted by Crippen LogP contribution is 2.29. The number of halogens is 1. The predicted molar refractivity (Wildman–Crippen MR) is 71.0 cm³/mol. The van der Waals surface area contributed by atoms with Crippen molar-refractivity contribution in [2.75, 3.05) is 20.3 Å². The van der Waals surface area contributed by atoms with Crippen LogP contribution in [0.2, 0.25) is 5.02 Å². The Hall–Kier alpha value is -1.26. The van der Waals surface area contributed by atoms with Gasteiger partial charge in [0.05, 0.1) is 28.1 Å². The SMILES string of the molecule is COCCONS(=O)(=O)c1cc(Cl)c(C)c([N+](=O)[O-])c1. The Labute approximate surface area is 120 Å². The minimum absolute atomic E-state index is 0.00256. The zero-order valence-electron chi connectivity index (χ0n) is 10.8. The highest BCUT2D eigenvalue weighted by molar-refractivity contribution is 7.89. The molecule has 0 radical (unpaired) electrons. The minimum Gasteiger partial charge on any atom is -0.382 e. The molecule has 0 aromatic heterocycles. The van der Waals surface area contributed by atoms with Crippen LogP contribution in [-0.4, -0.2) is 33.7 Å². The summed E-state index contributed by atoms with van der Waals surface area (Å²) in [7, 11) is -2.62. The van der Waals surface area contributed by atoms with Gasteiger partial charge in [-0.3, -0.25) is 15.0 Å². The van der Waals surface area contributed by atoms with E-state index < -0.39 is 14.9 Å². The first-order chi connectivity index (χ1) is 9.29. The van der Waals surface area contributed by atoms with Gasteiger partial charge in [0.15, 0.2) is 0 Å². The van der Waals surface area contributed by atoms with Gasteiger partial charge in [0.1, 0.15) is 0 Å². The van der Waals surface area contributed by atoms with Gasteiger partial charge in [-0.1, -0.05) is 16.5 Å². The molecule has 0 fully saturated rings. The molecule has 20 heavy (non-hydrogen) atoms. The first-order valence-corrected chi connectivity index (χ1v) is 7.22. The summed E-state index contributed by atoms with van der Waals surface area (Å²) in [5, 5.41) is 10.8. The second-order valence-electron chi connectivity index (χ2n) is 3.73. The lowest BCUT2D eigenvalue weighted by Gasteiger charge is -2.08. The maximum absolute atomic E-state index is 11.9. The van der Waals surface area contributed by atoms with Crippen LogP contribution in [0.25, 0.3) is 0 Å². The quantitative estimate of drug-likeness (QED) is 0.461. The number of methoxy groups -OCH3 is 1. The van der Waals surface area contributed by atoms with Crippen LogP contribution in [0, 0.1) is 17.0 Å². The molecule has 10 heteroatoms. The maximum atomic E-state index is 11.9. The fourth-order valence-electron chi connectivity index (χ4n) is 1.28. The molecule has 1 N–H and O–H groups in total. The van der Waals surface area contributed by atoms with Crippen molar-refractivity contribution in [2.45, 2.75) is 11.8 Å². The summed E-state index contributed by atoms with van der Waals surface area (Å²) in [6.45, 7) is 1.62. The van der Waals surface area contributed by atoms with E-state index in [1.54, 1.807) is 0 Å². The van der Waals surface area contributed by atoms with E-state index >= 15 is 0 Å². The highest BCUT2D eigenvalue weighted by atomic mass is 35.5. The Morgan fingerprint density at radius 2 is 2.05 bits per heavy atom. The summed E-state index contributed by atoms with van der Waals surface area (Å²) in [4.78, 5) is 16.3. The third-order valence-corrected chi connectivity index (χ3v) is 3.94. The molecule has 0 unspecified atom stereocenters. The van der Waals surface area contributed by atoms with E-state index in [9.17, 15) is 18.5 Å². The third-order valence-electron chi connectivity index (χ3n) is 2.36. The summed E-state index contributed by atoms with van der Waals surface area (Å²) in [6, 6.07) is 2.04. The summed E-state index contributed by atoms with van der Waals surface area (Å²) >= 11 is 5.80. The van der Waals surface area contributed by atoms with Gasteiger partial charge in [-0.2, -0.15) is 0 Å². The van der Waals surface area contributed by atoms with Gasteiger partial charge in [0, 0.05) is 18.7 Å². The number of nitrogens with one attached hydrogen (secondary N) is 1. The van der Waals surface area contributed by atoms with Gasteiger partial charge < -0.3 is 4.74 Å². The van der Waals surface area contributed by atoms with Crippen molar-refractivity contribution in [1.82, 2.24) is 4.89 Å². The normalized spacial score (nSPS) is 11.6. The molecule has 0 heterocycles. The molecule has 1 rings (SSSR count). The first-order valence-electron chi connectivity index (χ1n) is 5.36. The van der Waals surface area contributed by atoms with Gasteiger partial charge in [-0.25, -0.2) is 8.42 Å². The van der Waals surface area contributed by atoms with Crippen molar-refractivity contribution in [1.29, 1.82) is 0 Å². The maximum Gasteiger partial charge on any atom is 0.275 e. The largest absolute Gasteiger partial charge is 0.382 e. The molecule has 0 amide bonds. The van der Waals surface area contributed by atoms with E-state index in [1.165, 1.54) is 14.0 Å². The molecule has 0 spiro atoms. The van der Waals surface area contributed by atoms with Crippen LogP contribution >= 0.6 is 11.6 Å². The molecule has 0 saturated heterocycles. The Morgan fingerprint density at radius 1 is 1.40 bits per heavy atom. The number of benzene rings is 1. The summed E-state index contributed by atoms with van der Waals surface area (Å²) < 4.78 is 28.4. The lowest BCUT2D eigenvalue weighted by atomic mass is 10.2. The average Bonchev–Trinajstić information content (AvgIpc) is 2.37. The van der Waals surface area contributed by atoms with Crippen LogP contribution in [0.15, 0.2) is 17.0 Å². The van der Waals surface area contributed by atoms with Crippen LogP contribution < -0.4 is 4.89 Å². The second kappa shape index (κ2) is 6.95. The Morgan fingerprint density at radius 3 is 2.60 bits per heavy atom.